The number of ketones is 1. The van der Waals surface area contributed by atoms with Crippen LogP contribution in [0.5, 0.6) is 0 Å². The van der Waals surface area contributed by atoms with E-state index < -0.39 is 0 Å². The summed E-state index contributed by atoms with van der Waals surface area (Å²) < 4.78 is 0. The number of hydrogen-bond acceptors (Lipinski definition) is 3. The fourth-order valence-corrected chi connectivity index (χ4v) is 2.64. The van der Waals surface area contributed by atoms with Crippen LogP contribution in [0.25, 0.3) is 0 Å². The third-order valence-corrected chi connectivity index (χ3v) is 4.25. The van der Waals surface area contributed by atoms with Crippen LogP contribution in [0.4, 0.5) is 0 Å². The summed E-state index contributed by atoms with van der Waals surface area (Å²) >= 11 is 0. The lowest BCUT2D eigenvalue weighted by atomic mass is 9.95. The predicted octanol–water partition coefficient (Wildman–Crippen LogP) is 3.16. The number of rotatable bonds is 9. The zero-order valence-electron chi connectivity index (χ0n) is 13.6. The van der Waals surface area contributed by atoms with Crippen LogP contribution >= 0.6 is 0 Å². The molecule has 3 heteroatoms. The van der Waals surface area contributed by atoms with Gasteiger partial charge in [-0.05, 0) is 32.8 Å². The number of allylic oxidation sites excluding steroid dienone is 1. The number of piperazine rings is 1. The second kappa shape index (κ2) is 9.30. The van der Waals surface area contributed by atoms with Crippen molar-refractivity contribution in [3.63, 3.8) is 0 Å². The Morgan fingerprint density at radius 1 is 1.15 bits per heavy atom. The van der Waals surface area contributed by atoms with Crippen LogP contribution in [0, 0.1) is 0 Å². The highest BCUT2D eigenvalue weighted by Crippen LogP contribution is 2.17. The van der Waals surface area contributed by atoms with Crippen molar-refractivity contribution in [3.8, 4) is 0 Å². The lowest BCUT2D eigenvalue weighted by Gasteiger charge is -2.39. The highest BCUT2D eigenvalue weighted by atomic mass is 16.1. The van der Waals surface area contributed by atoms with E-state index in [0.717, 1.165) is 32.6 Å². The van der Waals surface area contributed by atoms with Crippen LogP contribution < -0.4 is 5.32 Å². The number of nitrogens with one attached hydrogen (secondary N) is 1. The first-order valence-electron chi connectivity index (χ1n) is 8.25. The van der Waals surface area contributed by atoms with E-state index in [-0.39, 0.29) is 11.3 Å². The van der Waals surface area contributed by atoms with E-state index in [1.54, 1.807) is 0 Å². The van der Waals surface area contributed by atoms with Gasteiger partial charge in [-0.25, -0.2) is 0 Å². The molecule has 0 unspecified atom stereocenters. The van der Waals surface area contributed by atoms with Gasteiger partial charge in [0.1, 0.15) is 0 Å². The average molecular weight is 280 g/mol. The Morgan fingerprint density at radius 2 is 1.80 bits per heavy atom. The smallest absolute Gasteiger partial charge is 0.175 e. The fourth-order valence-electron chi connectivity index (χ4n) is 2.64. The summed E-state index contributed by atoms with van der Waals surface area (Å²) in [5.74, 6) is 0.243. The van der Waals surface area contributed by atoms with E-state index in [1.807, 2.05) is 19.9 Å². The molecule has 0 aliphatic carbocycles. The van der Waals surface area contributed by atoms with E-state index in [2.05, 4.69) is 23.2 Å². The van der Waals surface area contributed by atoms with Crippen molar-refractivity contribution in [2.24, 2.45) is 0 Å². The molecule has 0 radical (unpaired) electrons. The topological polar surface area (TPSA) is 32.3 Å². The van der Waals surface area contributed by atoms with Crippen LogP contribution in [-0.4, -0.2) is 42.4 Å². The third-order valence-electron chi connectivity index (χ3n) is 4.25. The molecule has 0 saturated carbocycles. The van der Waals surface area contributed by atoms with Gasteiger partial charge in [0.15, 0.2) is 5.78 Å². The molecule has 116 valence electrons. The molecule has 20 heavy (non-hydrogen) atoms. The molecule has 1 aliphatic rings. The quantitative estimate of drug-likeness (QED) is 0.520. The van der Waals surface area contributed by atoms with E-state index in [1.165, 1.54) is 32.1 Å². The molecule has 1 saturated heterocycles. The van der Waals surface area contributed by atoms with Gasteiger partial charge in [-0.1, -0.05) is 38.7 Å². The minimum atomic E-state index is -0.360. The van der Waals surface area contributed by atoms with E-state index in [4.69, 9.17) is 0 Å². The first kappa shape index (κ1) is 17.4. The van der Waals surface area contributed by atoms with Crippen molar-refractivity contribution in [1.29, 1.82) is 0 Å². The van der Waals surface area contributed by atoms with Crippen molar-refractivity contribution in [2.75, 3.05) is 26.2 Å². The zero-order chi connectivity index (χ0) is 14.8. The molecular formula is C17H32N2O. The van der Waals surface area contributed by atoms with Crippen LogP contribution in [0.2, 0.25) is 0 Å². The molecule has 0 aromatic heterocycles. The lowest BCUT2D eigenvalue weighted by molar-refractivity contribution is -0.124. The predicted molar refractivity (Wildman–Crippen MR) is 86.0 cm³/mol. The molecule has 1 fully saturated rings. The number of hydrogen-bond donors (Lipinski definition) is 1. The van der Waals surface area contributed by atoms with Crippen molar-refractivity contribution in [2.45, 2.75) is 64.8 Å². The molecule has 1 aliphatic heterocycles. The van der Waals surface area contributed by atoms with Gasteiger partial charge in [0.25, 0.3) is 0 Å². The summed E-state index contributed by atoms with van der Waals surface area (Å²) in [5.41, 5.74) is -0.360. The summed E-state index contributed by atoms with van der Waals surface area (Å²) in [4.78, 5) is 14.6. The SMILES string of the molecule is CCCCCCC/C=C/C(=O)C(C)(C)N1CCNCC1. The molecule has 0 amide bonds. The van der Waals surface area contributed by atoms with Crippen molar-refractivity contribution in [3.05, 3.63) is 12.2 Å². The highest BCUT2D eigenvalue weighted by molar-refractivity contribution is 5.97. The number of unbranched alkanes of at least 4 members (excludes halogenated alkanes) is 5. The maximum atomic E-state index is 12.4. The molecule has 0 aromatic rings. The molecule has 3 nitrogen and oxygen atoms in total. The van der Waals surface area contributed by atoms with Crippen LogP contribution in [-0.2, 0) is 4.79 Å². The van der Waals surface area contributed by atoms with Gasteiger partial charge < -0.3 is 5.32 Å². The largest absolute Gasteiger partial charge is 0.314 e. The van der Waals surface area contributed by atoms with Gasteiger partial charge in [0.05, 0.1) is 5.54 Å². The fraction of sp³-hybridized carbons (Fsp3) is 0.824. The minimum Gasteiger partial charge on any atom is -0.314 e. The van der Waals surface area contributed by atoms with Crippen molar-refractivity contribution < 1.29 is 4.79 Å². The number of carbonyl (C=O) groups excluding carboxylic acids is 1. The zero-order valence-corrected chi connectivity index (χ0v) is 13.6. The van der Waals surface area contributed by atoms with Gasteiger partial charge >= 0.3 is 0 Å². The minimum absolute atomic E-state index is 0.243. The molecule has 0 atom stereocenters. The molecular weight excluding hydrogens is 248 g/mol. The monoisotopic (exact) mass is 280 g/mol. The van der Waals surface area contributed by atoms with Crippen LogP contribution in [0.1, 0.15) is 59.3 Å². The van der Waals surface area contributed by atoms with Crippen molar-refractivity contribution in [1.82, 2.24) is 10.2 Å². The van der Waals surface area contributed by atoms with Gasteiger partial charge in [0, 0.05) is 26.2 Å². The Bertz CT molecular complexity index is 304. The van der Waals surface area contributed by atoms with Crippen LogP contribution in [0.3, 0.4) is 0 Å². The third kappa shape index (κ3) is 5.76. The van der Waals surface area contributed by atoms with Crippen LogP contribution in [0.15, 0.2) is 12.2 Å². The summed E-state index contributed by atoms with van der Waals surface area (Å²) in [5, 5.41) is 3.33. The Balaban J connectivity index is 2.28. The molecule has 0 bridgehead atoms. The summed E-state index contributed by atoms with van der Waals surface area (Å²) in [6.45, 7) is 10.2. The Hall–Kier alpha value is -0.670. The summed E-state index contributed by atoms with van der Waals surface area (Å²) in [6, 6.07) is 0. The lowest BCUT2D eigenvalue weighted by Crippen LogP contribution is -2.56. The van der Waals surface area contributed by atoms with Crippen molar-refractivity contribution >= 4 is 5.78 Å². The van der Waals surface area contributed by atoms with Gasteiger partial charge in [-0.2, -0.15) is 0 Å². The first-order chi connectivity index (χ1) is 9.59. The summed E-state index contributed by atoms with van der Waals surface area (Å²) in [6.07, 6.45) is 11.3. The normalized spacial score (nSPS) is 17.8. The maximum absolute atomic E-state index is 12.4. The number of carbonyl (C=O) groups is 1. The second-order valence-corrected chi connectivity index (χ2v) is 6.27. The second-order valence-electron chi connectivity index (χ2n) is 6.27. The van der Waals surface area contributed by atoms with E-state index in [9.17, 15) is 4.79 Å². The molecule has 1 rings (SSSR count). The molecule has 0 aromatic carbocycles. The first-order valence-corrected chi connectivity index (χ1v) is 8.25. The Morgan fingerprint density at radius 3 is 2.45 bits per heavy atom. The van der Waals surface area contributed by atoms with Gasteiger partial charge in [0.2, 0.25) is 0 Å². The van der Waals surface area contributed by atoms with E-state index >= 15 is 0 Å². The Labute approximate surface area is 124 Å². The summed E-state index contributed by atoms with van der Waals surface area (Å²) in [7, 11) is 0. The van der Waals surface area contributed by atoms with Gasteiger partial charge in [-0.3, -0.25) is 9.69 Å². The standard InChI is InChI=1S/C17H32N2O/c1-4-5-6-7-8-9-10-11-16(20)17(2,3)19-14-12-18-13-15-19/h10-11,18H,4-9,12-15H2,1-3H3/b11-10+. The Kier molecular flexibility index (Phi) is 8.08. The highest BCUT2D eigenvalue weighted by Gasteiger charge is 2.33. The maximum Gasteiger partial charge on any atom is 0.175 e. The number of nitrogens with zero attached hydrogens (tertiary/aromatic N) is 1. The molecule has 1 heterocycles. The molecule has 0 spiro atoms. The van der Waals surface area contributed by atoms with E-state index in [0.29, 0.717) is 0 Å². The van der Waals surface area contributed by atoms with Gasteiger partial charge in [-0.15, -0.1) is 0 Å². The average Bonchev–Trinajstić information content (AvgIpc) is 2.47. The molecule has 1 N–H and O–H groups in total.